The molecule has 15 heteroatoms. The van der Waals surface area contributed by atoms with Crippen LogP contribution in [0.5, 0.6) is 0 Å². The summed E-state index contributed by atoms with van der Waals surface area (Å²) >= 11 is 5.89. The summed E-state index contributed by atoms with van der Waals surface area (Å²) in [6.07, 6.45) is -5.16. The number of hydrogen-bond acceptors (Lipinski definition) is 8. The largest absolute Gasteiger partial charge is 0.417 e. The van der Waals surface area contributed by atoms with Crippen LogP contribution in [-0.2, 0) is 20.6 Å². The van der Waals surface area contributed by atoms with Gasteiger partial charge in [0.2, 0.25) is 12.0 Å². The first-order chi connectivity index (χ1) is 17.5. The van der Waals surface area contributed by atoms with E-state index in [-0.39, 0.29) is 29.6 Å². The minimum Gasteiger partial charge on any atom is -0.381 e. The second-order valence-electron chi connectivity index (χ2n) is 8.63. The number of urea groups is 1. The highest BCUT2D eigenvalue weighted by Crippen LogP contribution is 2.35. The summed E-state index contributed by atoms with van der Waals surface area (Å²) in [5.41, 5.74) is 1.36. The number of benzene rings is 1. The number of amides is 4. The van der Waals surface area contributed by atoms with Crippen molar-refractivity contribution >= 4 is 46.7 Å². The van der Waals surface area contributed by atoms with Crippen molar-refractivity contribution in [3.63, 3.8) is 0 Å². The maximum atomic E-state index is 13.2. The van der Waals surface area contributed by atoms with E-state index in [1.54, 1.807) is 37.3 Å². The zero-order valence-corrected chi connectivity index (χ0v) is 19.8. The van der Waals surface area contributed by atoms with Gasteiger partial charge in [-0.05, 0) is 25.1 Å². The monoisotopic (exact) mass is 537 g/mol. The van der Waals surface area contributed by atoms with E-state index >= 15 is 0 Å². The Morgan fingerprint density at radius 2 is 1.92 bits per heavy atom. The summed E-state index contributed by atoms with van der Waals surface area (Å²) in [7, 11) is 0. The molecule has 3 N–H and O–H groups in total. The van der Waals surface area contributed by atoms with Crippen LogP contribution in [0.3, 0.4) is 0 Å². The molecule has 5 rings (SSSR count). The van der Waals surface area contributed by atoms with Gasteiger partial charge in [-0.3, -0.25) is 14.5 Å². The molecule has 3 aliphatic heterocycles. The van der Waals surface area contributed by atoms with E-state index in [1.807, 2.05) is 0 Å². The Balaban J connectivity index is 1.26. The molecule has 0 bridgehead atoms. The minimum atomic E-state index is -4.59. The molecule has 0 unspecified atom stereocenters. The lowest BCUT2D eigenvalue weighted by Crippen LogP contribution is -2.58. The quantitative estimate of drug-likeness (QED) is 0.483. The van der Waals surface area contributed by atoms with E-state index in [4.69, 9.17) is 16.4 Å². The van der Waals surface area contributed by atoms with Gasteiger partial charge in [-0.1, -0.05) is 35.0 Å². The molecule has 0 aliphatic carbocycles. The lowest BCUT2D eigenvalue weighted by molar-refractivity contribution is -0.142. The molecular weight excluding hydrogens is 519 g/mol. The number of para-hydroxylation sites is 1. The lowest BCUT2D eigenvalue weighted by Gasteiger charge is -2.26. The fourth-order valence-electron chi connectivity index (χ4n) is 4.32. The molecule has 3 aliphatic rings. The van der Waals surface area contributed by atoms with Crippen molar-refractivity contribution in [2.75, 3.05) is 23.4 Å². The van der Waals surface area contributed by atoms with E-state index in [0.717, 1.165) is 11.0 Å². The summed E-state index contributed by atoms with van der Waals surface area (Å²) in [5, 5.41) is 10.4. The highest BCUT2D eigenvalue weighted by atomic mass is 35.5. The molecule has 11 nitrogen and oxygen atoms in total. The second-order valence-corrected chi connectivity index (χ2v) is 9.03. The summed E-state index contributed by atoms with van der Waals surface area (Å²) in [4.78, 5) is 48.6. The molecule has 0 spiro atoms. The van der Waals surface area contributed by atoms with Gasteiger partial charge in [-0.25, -0.2) is 14.8 Å². The van der Waals surface area contributed by atoms with Crippen LogP contribution in [0.1, 0.15) is 12.5 Å². The fraction of sp³-hybridized carbons (Fsp3) is 0.318. The average Bonchev–Trinajstić information content (AvgIpc) is 3.49. The highest BCUT2D eigenvalue weighted by Gasteiger charge is 2.61. The van der Waals surface area contributed by atoms with Crippen LogP contribution in [-0.4, -0.2) is 58.3 Å². The molecule has 2 saturated heterocycles. The minimum absolute atomic E-state index is 0.0289. The Labute approximate surface area is 212 Å². The fourth-order valence-corrected chi connectivity index (χ4v) is 4.56. The molecule has 194 valence electrons. The molecule has 37 heavy (non-hydrogen) atoms. The number of rotatable bonds is 6. The SMILES string of the molecule is C[C@@]1(C2=NO[C@@H]3C(=O)N(CCNc4ncc(C(F)(F)F)cc4Cl)C(=O)[C@@H]23)NC(=O)N(c2ccccc2)N1. The Morgan fingerprint density at radius 1 is 1.19 bits per heavy atom. The van der Waals surface area contributed by atoms with Crippen LogP contribution in [0, 0.1) is 5.92 Å². The van der Waals surface area contributed by atoms with Crippen molar-refractivity contribution in [2.45, 2.75) is 24.9 Å². The third-order valence-corrected chi connectivity index (χ3v) is 6.41. The number of carbonyl (C=O) groups is 3. The van der Waals surface area contributed by atoms with Crippen molar-refractivity contribution < 1.29 is 32.4 Å². The Morgan fingerprint density at radius 3 is 2.59 bits per heavy atom. The normalized spacial score (nSPS) is 25.2. The van der Waals surface area contributed by atoms with Gasteiger partial charge in [0.25, 0.3) is 5.91 Å². The number of nitrogens with zero attached hydrogens (tertiary/aromatic N) is 4. The average molecular weight is 538 g/mol. The predicted octanol–water partition coefficient (Wildman–Crippen LogP) is 2.36. The summed E-state index contributed by atoms with van der Waals surface area (Å²) in [6, 6.07) is 8.97. The molecule has 1 aromatic carbocycles. The van der Waals surface area contributed by atoms with Crippen LogP contribution in [0.4, 0.5) is 29.5 Å². The van der Waals surface area contributed by atoms with Crippen LogP contribution >= 0.6 is 11.6 Å². The lowest BCUT2D eigenvalue weighted by atomic mass is 9.91. The summed E-state index contributed by atoms with van der Waals surface area (Å²) in [5.74, 6) is -2.32. The molecular formula is C22H19ClF3N7O4. The van der Waals surface area contributed by atoms with Gasteiger partial charge in [0.1, 0.15) is 17.4 Å². The van der Waals surface area contributed by atoms with E-state index in [2.05, 4.69) is 26.2 Å². The topological polar surface area (TPSA) is 128 Å². The molecule has 2 aromatic rings. The number of anilines is 2. The maximum Gasteiger partial charge on any atom is 0.417 e. The van der Waals surface area contributed by atoms with Gasteiger partial charge in [-0.15, -0.1) is 0 Å². The van der Waals surface area contributed by atoms with Gasteiger partial charge in [0, 0.05) is 19.3 Å². The number of imide groups is 1. The summed E-state index contributed by atoms with van der Waals surface area (Å²) < 4.78 is 38.4. The molecule has 0 saturated carbocycles. The van der Waals surface area contributed by atoms with Gasteiger partial charge in [0.15, 0.2) is 5.66 Å². The van der Waals surface area contributed by atoms with Crippen LogP contribution in [0.25, 0.3) is 0 Å². The van der Waals surface area contributed by atoms with Crippen LogP contribution < -0.4 is 21.1 Å². The van der Waals surface area contributed by atoms with Crippen LogP contribution in [0.2, 0.25) is 5.02 Å². The Kier molecular flexibility index (Phi) is 5.95. The Bertz CT molecular complexity index is 1310. The number of alkyl halides is 3. The van der Waals surface area contributed by atoms with E-state index in [9.17, 15) is 27.6 Å². The standard InChI is InChI=1S/C22H19ClF3N7O4/c1-21(29-20(36)33(31-21)12-5-3-2-4-6-12)16-14-15(37-30-16)19(35)32(18(14)34)8-7-27-17-13(23)9-11(10-28-17)22(24,25)26/h2-6,9-10,14-15,31H,7-8H2,1H3,(H,27,28)(H,29,36)/t14-,15+,21-/m1/s1. The first-order valence-corrected chi connectivity index (χ1v) is 11.4. The van der Waals surface area contributed by atoms with E-state index < -0.39 is 47.3 Å². The van der Waals surface area contributed by atoms with Gasteiger partial charge < -0.3 is 15.5 Å². The predicted molar refractivity (Wildman–Crippen MR) is 124 cm³/mol. The number of likely N-dealkylation sites (tertiary alicyclic amines) is 1. The number of aromatic nitrogens is 1. The first-order valence-electron chi connectivity index (χ1n) is 11.0. The summed E-state index contributed by atoms with van der Waals surface area (Å²) in [6.45, 7) is 1.43. The van der Waals surface area contributed by atoms with Crippen LogP contribution in [0.15, 0.2) is 47.8 Å². The molecule has 1 aromatic heterocycles. The smallest absolute Gasteiger partial charge is 0.381 e. The highest BCUT2D eigenvalue weighted by molar-refractivity contribution is 6.33. The number of fused-ring (bicyclic) bond motifs is 1. The number of hydrazine groups is 1. The third-order valence-electron chi connectivity index (χ3n) is 6.12. The molecule has 0 radical (unpaired) electrons. The van der Waals surface area contributed by atoms with E-state index in [0.29, 0.717) is 11.9 Å². The number of halogens is 4. The molecule has 2 fully saturated rings. The van der Waals surface area contributed by atoms with Crippen molar-refractivity contribution in [3.8, 4) is 0 Å². The number of nitrogens with one attached hydrogen (secondary N) is 3. The zero-order chi connectivity index (χ0) is 26.5. The maximum absolute atomic E-state index is 13.2. The van der Waals surface area contributed by atoms with Crippen molar-refractivity contribution in [2.24, 2.45) is 11.1 Å². The van der Waals surface area contributed by atoms with Gasteiger partial charge >= 0.3 is 12.2 Å². The zero-order valence-electron chi connectivity index (χ0n) is 19.0. The number of hydrogen-bond donors (Lipinski definition) is 3. The number of pyridine rings is 1. The van der Waals surface area contributed by atoms with Gasteiger partial charge in [-0.2, -0.15) is 18.6 Å². The van der Waals surface area contributed by atoms with Gasteiger partial charge in [0.05, 0.1) is 16.3 Å². The first kappa shape index (κ1) is 24.8. The number of carbonyl (C=O) groups excluding carboxylic acids is 3. The van der Waals surface area contributed by atoms with E-state index in [1.165, 1.54) is 5.01 Å². The van der Waals surface area contributed by atoms with Crippen molar-refractivity contribution in [3.05, 3.63) is 53.2 Å². The molecule has 4 heterocycles. The third kappa shape index (κ3) is 4.31. The van der Waals surface area contributed by atoms with Crippen molar-refractivity contribution in [1.82, 2.24) is 20.6 Å². The molecule has 4 amide bonds. The van der Waals surface area contributed by atoms with Crippen molar-refractivity contribution in [1.29, 1.82) is 0 Å². The second kappa shape index (κ2) is 8.88. The molecule has 3 atom stereocenters. The Hall–Kier alpha value is -3.91. The number of oxime groups is 1.